The fourth-order valence-electron chi connectivity index (χ4n) is 3.16. The number of halogens is 1. The Hall–Kier alpha value is -1.62. The van der Waals surface area contributed by atoms with Crippen molar-refractivity contribution >= 4 is 5.91 Å². The van der Waals surface area contributed by atoms with Crippen LogP contribution in [0.4, 0.5) is 4.39 Å². The molecule has 1 aromatic rings. The highest BCUT2D eigenvalue weighted by molar-refractivity contribution is 5.76. The summed E-state index contributed by atoms with van der Waals surface area (Å²) in [4.78, 5) is 14.1. The van der Waals surface area contributed by atoms with Gasteiger partial charge in [0.05, 0.1) is 6.61 Å². The van der Waals surface area contributed by atoms with E-state index in [0.29, 0.717) is 37.0 Å². The Morgan fingerprint density at radius 2 is 1.90 bits per heavy atom. The van der Waals surface area contributed by atoms with Gasteiger partial charge in [0.15, 0.2) is 0 Å². The molecule has 4 nitrogen and oxygen atoms in total. The Morgan fingerprint density at radius 3 is 2.57 bits per heavy atom. The zero-order chi connectivity index (χ0) is 14.7. The summed E-state index contributed by atoms with van der Waals surface area (Å²) in [7, 11) is 0. The summed E-state index contributed by atoms with van der Waals surface area (Å²) in [5.41, 5.74) is 0. The third-order valence-corrected chi connectivity index (χ3v) is 4.36. The number of ether oxygens (including phenoxy) is 1. The van der Waals surface area contributed by atoms with E-state index < -0.39 is 0 Å². The van der Waals surface area contributed by atoms with Gasteiger partial charge in [-0.2, -0.15) is 0 Å². The summed E-state index contributed by atoms with van der Waals surface area (Å²) < 4.78 is 18.2. The molecule has 0 radical (unpaired) electrons. The lowest BCUT2D eigenvalue weighted by atomic mass is 10.0. The molecule has 21 heavy (non-hydrogen) atoms. The van der Waals surface area contributed by atoms with Gasteiger partial charge in [-0.3, -0.25) is 4.79 Å². The van der Waals surface area contributed by atoms with Crippen LogP contribution in [0.15, 0.2) is 24.3 Å². The van der Waals surface area contributed by atoms with Crippen LogP contribution in [0.25, 0.3) is 0 Å². The Labute approximate surface area is 124 Å². The molecule has 2 heterocycles. The van der Waals surface area contributed by atoms with E-state index in [-0.39, 0.29) is 11.7 Å². The predicted molar refractivity (Wildman–Crippen MR) is 77.6 cm³/mol. The number of benzene rings is 1. The second kappa shape index (κ2) is 6.43. The van der Waals surface area contributed by atoms with Gasteiger partial charge in [-0.25, -0.2) is 4.39 Å². The lowest BCUT2D eigenvalue weighted by molar-refractivity contribution is -0.130. The molecule has 2 fully saturated rings. The molecule has 5 heteroatoms. The number of carbonyl (C=O) groups excluding carboxylic acids is 1. The Kier molecular flexibility index (Phi) is 4.39. The fourth-order valence-corrected chi connectivity index (χ4v) is 3.16. The SMILES string of the molecule is O=C(CCCOc1ccc(F)cc1)N1C[C@H]2CNC[C@H]2C1. The molecular formula is C16H21FN2O2. The fraction of sp³-hybridized carbons (Fsp3) is 0.562. The van der Waals surface area contributed by atoms with Crippen LogP contribution < -0.4 is 10.1 Å². The van der Waals surface area contributed by atoms with Crippen molar-refractivity contribution in [1.82, 2.24) is 10.2 Å². The summed E-state index contributed by atoms with van der Waals surface area (Å²) in [6.45, 7) is 4.37. The first-order valence-electron chi connectivity index (χ1n) is 7.59. The van der Waals surface area contributed by atoms with Crippen molar-refractivity contribution in [2.24, 2.45) is 11.8 Å². The molecule has 1 aromatic carbocycles. The second-order valence-corrected chi connectivity index (χ2v) is 5.88. The minimum absolute atomic E-state index is 0.229. The zero-order valence-corrected chi connectivity index (χ0v) is 12.1. The molecule has 114 valence electrons. The average molecular weight is 292 g/mol. The van der Waals surface area contributed by atoms with E-state index in [1.807, 2.05) is 4.90 Å². The summed E-state index contributed by atoms with van der Waals surface area (Å²) in [6.07, 6.45) is 1.22. The molecule has 2 aliphatic heterocycles. The lowest BCUT2D eigenvalue weighted by Crippen LogP contribution is -2.31. The summed E-state index contributed by atoms with van der Waals surface area (Å²) in [5, 5.41) is 3.37. The van der Waals surface area contributed by atoms with E-state index >= 15 is 0 Å². The zero-order valence-electron chi connectivity index (χ0n) is 12.1. The van der Waals surface area contributed by atoms with E-state index in [2.05, 4.69) is 5.32 Å². The van der Waals surface area contributed by atoms with E-state index in [1.165, 1.54) is 12.1 Å². The van der Waals surface area contributed by atoms with Crippen LogP contribution in [-0.2, 0) is 4.79 Å². The molecule has 2 atom stereocenters. The van der Waals surface area contributed by atoms with Crippen LogP contribution in [0, 0.1) is 17.7 Å². The van der Waals surface area contributed by atoms with Crippen LogP contribution in [0.2, 0.25) is 0 Å². The highest BCUT2D eigenvalue weighted by Gasteiger charge is 2.37. The number of hydrogen-bond donors (Lipinski definition) is 1. The van der Waals surface area contributed by atoms with Gasteiger partial charge in [-0.15, -0.1) is 0 Å². The molecule has 1 N–H and O–H groups in total. The molecule has 0 aromatic heterocycles. The third-order valence-electron chi connectivity index (χ3n) is 4.36. The van der Waals surface area contributed by atoms with Gasteiger partial charge in [-0.1, -0.05) is 0 Å². The minimum atomic E-state index is -0.272. The Balaban J connectivity index is 1.35. The van der Waals surface area contributed by atoms with Gasteiger partial charge in [0.2, 0.25) is 5.91 Å². The normalized spacial score (nSPS) is 24.1. The maximum Gasteiger partial charge on any atom is 0.222 e. The monoisotopic (exact) mass is 292 g/mol. The molecule has 0 bridgehead atoms. The van der Waals surface area contributed by atoms with Crippen LogP contribution in [0.5, 0.6) is 5.75 Å². The largest absolute Gasteiger partial charge is 0.494 e. The Bertz CT molecular complexity index is 480. The van der Waals surface area contributed by atoms with Crippen molar-refractivity contribution in [2.75, 3.05) is 32.8 Å². The molecule has 1 amide bonds. The number of nitrogens with one attached hydrogen (secondary N) is 1. The summed E-state index contributed by atoms with van der Waals surface area (Å²) >= 11 is 0. The van der Waals surface area contributed by atoms with E-state index in [9.17, 15) is 9.18 Å². The van der Waals surface area contributed by atoms with Crippen molar-refractivity contribution in [1.29, 1.82) is 0 Å². The molecule has 0 unspecified atom stereocenters. The van der Waals surface area contributed by atoms with Gasteiger partial charge in [0, 0.05) is 32.6 Å². The standard InChI is InChI=1S/C16H21FN2O2/c17-14-3-5-15(6-4-14)21-7-1-2-16(20)19-10-12-8-18-9-13(12)11-19/h3-6,12-13,18H,1-2,7-11H2/t12-,13+. The quantitative estimate of drug-likeness (QED) is 0.839. The first-order valence-corrected chi connectivity index (χ1v) is 7.59. The Morgan fingerprint density at radius 1 is 1.24 bits per heavy atom. The highest BCUT2D eigenvalue weighted by atomic mass is 19.1. The summed E-state index contributed by atoms with van der Waals surface area (Å²) in [5.74, 6) is 1.89. The number of rotatable bonds is 5. The van der Waals surface area contributed by atoms with Crippen LogP contribution in [-0.4, -0.2) is 43.6 Å². The third kappa shape index (κ3) is 3.53. The molecule has 2 saturated heterocycles. The van der Waals surface area contributed by atoms with Gasteiger partial charge in [-0.05, 0) is 42.5 Å². The number of likely N-dealkylation sites (tertiary alicyclic amines) is 1. The van der Waals surface area contributed by atoms with E-state index in [1.54, 1.807) is 12.1 Å². The molecular weight excluding hydrogens is 271 g/mol. The molecule has 0 aliphatic carbocycles. The van der Waals surface area contributed by atoms with Gasteiger partial charge in [0.25, 0.3) is 0 Å². The first kappa shape index (κ1) is 14.3. The predicted octanol–water partition coefficient (Wildman–Crippen LogP) is 1.66. The minimum Gasteiger partial charge on any atom is -0.494 e. The highest BCUT2D eigenvalue weighted by Crippen LogP contribution is 2.26. The number of amides is 1. The van der Waals surface area contributed by atoms with Gasteiger partial charge >= 0.3 is 0 Å². The molecule has 2 aliphatic rings. The van der Waals surface area contributed by atoms with Gasteiger partial charge in [0.1, 0.15) is 11.6 Å². The lowest BCUT2D eigenvalue weighted by Gasteiger charge is -2.17. The maximum atomic E-state index is 12.7. The number of nitrogens with zero attached hydrogens (tertiary/aromatic N) is 1. The van der Waals surface area contributed by atoms with Crippen molar-refractivity contribution in [3.05, 3.63) is 30.1 Å². The number of fused-ring (bicyclic) bond motifs is 1. The number of carbonyl (C=O) groups is 1. The van der Waals surface area contributed by atoms with E-state index in [0.717, 1.165) is 26.2 Å². The molecule has 0 spiro atoms. The molecule has 3 rings (SSSR count). The number of hydrogen-bond acceptors (Lipinski definition) is 3. The first-order chi connectivity index (χ1) is 10.2. The van der Waals surface area contributed by atoms with Crippen molar-refractivity contribution in [3.63, 3.8) is 0 Å². The van der Waals surface area contributed by atoms with Crippen molar-refractivity contribution in [3.8, 4) is 5.75 Å². The smallest absolute Gasteiger partial charge is 0.222 e. The van der Waals surface area contributed by atoms with Gasteiger partial charge < -0.3 is 15.0 Å². The van der Waals surface area contributed by atoms with Crippen LogP contribution in [0.1, 0.15) is 12.8 Å². The topological polar surface area (TPSA) is 41.6 Å². The average Bonchev–Trinajstić information content (AvgIpc) is 3.06. The molecule has 0 saturated carbocycles. The summed E-state index contributed by atoms with van der Waals surface area (Å²) in [6, 6.07) is 5.95. The van der Waals surface area contributed by atoms with E-state index in [4.69, 9.17) is 4.74 Å². The maximum absolute atomic E-state index is 12.7. The van der Waals surface area contributed by atoms with Crippen LogP contribution >= 0.6 is 0 Å². The van der Waals surface area contributed by atoms with Crippen molar-refractivity contribution in [2.45, 2.75) is 12.8 Å². The van der Waals surface area contributed by atoms with Crippen LogP contribution in [0.3, 0.4) is 0 Å². The second-order valence-electron chi connectivity index (χ2n) is 5.88. The van der Waals surface area contributed by atoms with Crippen molar-refractivity contribution < 1.29 is 13.9 Å².